The fraction of sp³-hybridized carbons (Fsp3) is 0.958. The van der Waals surface area contributed by atoms with Crippen molar-refractivity contribution < 1.29 is 213 Å². The van der Waals surface area contributed by atoms with Crippen molar-refractivity contribution >= 4 is 11.9 Å². The zero-order valence-electron chi connectivity index (χ0n) is 46.9. The SMILES string of the molecule is O=C(O)[C@H]1O[C@@H](O[C@@H]2[C@@H](O[C@@H]3[C@H](O)[C@@H](O[C@@H]4[C@H](O)[C@@H](O[C@H]5[C@H](O)[C@@H](CO)O[C@H](O[C@@H]6[C@H](O)[C@@H](O[C@H]7[C@H](O)[C@@H](CO)OC(O)[C@H]7O)O[C@H](CO)[C@H]6O)[C@H]5O[C@@H]5O[C@H](C(=O)O)[C@@H](O)[C@H](O)[C@H]5O)O[C@H](CO)[C@H]4O)O[C@H](CO)[C@H]3O)O[C@H](CO)[C@@H](O)[C@@H]2O)[C@H](O)[C@@H](O)[C@@H]1O. The second kappa shape index (κ2) is 31.3. The van der Waals surface area contributed by atoms with Crippen LogP contribution in [0.1, 0.15) is 0 Å². The average molecular weight is 1340 g/mol. The molecule has 8 fully saturated rings. The molecule has 1 unspecified atom stereocenters. The predicted molar refractivity (Wildman–Crippen MR) is 266 cm³/mol. The zero-order chi connectivity index (χ0) is 67.1. The summed E-state index contributed by atoms with van der Waals surface area (Å²) in [5.74, 6) is -3.85. The Kier molecular flexibility index (Phi) is 25.5. The summed E-state index contributed by atoms with van der Waals surface area (Å²) in [5, 5.41) is 281. The third-order valence-corrected chi connectivity index (χ3v) is 16.6. The van der Waals surface area contributed by atoms with Gasteiger partial charge in [0.05, 0.1) is 39.6 Å². The van der Waals surface area contributed by atoms with Gasteiger partial charge in [0.2, 0.25) is 0 Å². The lowest BCUT2D eigenvalue weighted by Crippen LogP contribution is -2.70. The molecule has 8 rings (SSSR count). The lowest BCUT2D eigenvalue weighted by Gasteiger charge is -2.51. The number of carboxylic acid groups (broad SMARTS) is 2. The minimum atomic E-state index is -2.56. The van der Waals surface area contributed by atoms with Crippen LogP contribution in [-0.4, -0.2) is 430 Å². The van der Waals surface area contributed by atoms with Crippen LogP contribution in [0.5, 0.6) is 0 Å². The van der Waals surface area contributed by atoms with E-state index in [-0.39, 0.29) is 0 Å². The second-order valence-corrected chi connectivity index (χ2v) is 22.4. The fourth-order valence-electron chi connectivity index (χ4n) is 11.4. The van der Waals surface area contributed by atoms with Crippen molar-refractivity contribution in [3.05, 3.63) is 0 Å². The molecule has 0 radical (unpaired) electrons. The van der Waals surface area contributed by atoms with Crippen molar-refractivity contribution in [2.24, 2.45) is 0 Å². The van der Waals surface area contributed by atoms with E-state index >= 15 is 0 Å². The molecule has 40 atom stereocenters. The summed E-state index contributed by atoms with van der Waals surface area (Å²) in [6, 6.07) is 0. The lowest BCUT2D eigenvalue weighted by molar-refractivity contribution is -0.413. The maximum Gasteiger partial charge on any atom is 0.335 e. The molecule has 528 valence electrons. The molecule has 26 N–H and O–H groups in total. The molecule has 8 aliphatic rings. The lowest BCUT2D eigenvalue weighted by atomic mass is 9.94. The minimum absolute atomic E-state index is 0.966. The van der Waals surface area contributed by atoms with Crippen molar-refractivity contribution in [2.75, 3.05) is 39.6 Å². The third-order valence-electron chi connectivity index (χ3n) is 16.6. The first-order chi connectivity index (χ1) is 43.0. The summed E-state index contributed by atoms with van der Waals surface area (Å²) in [6.45, 7) is -6.92. The Labute approximate surface area is 510 Å². The first kappa shape index (κ1) is 74.2. The molecule has 0 saturated carbocycles. The zero-order valence-corrected chi connectivity index (χ0v) is 46.9. The smallest absolute Gasteiger partial charge is 0.335 e. The summed E-state index contributed by atoms with van der Waals surface area (Å²) in [5.41, 5.74) is 0. The normalized spacial score (nSPS) is 52.6. The Balaban J connectivity index is 1.09. The number of carboxylic acids is 2. The molecule has 0 aromatic heterocycles. The van der Waals surface area contributed by atoms with Crippen LogP contribution in [0.3, 0.4) is 0 Å². The number of aliphatic hydroxyl groups is 24. The molecule has 8 saturated heterocycles. The van der Waals surface area contributed by atoms with Crippen LogP contribution in [0.4, 0.5) is 0 Å². The Bertz CT molecular complexity index is 2300. The van der Waals surface area contributed by atoms with E-state index in [2.05, 4.69) is 0 Å². The highest BCUT2D eigenvalue weighted by molar-refractivity contribution is 5.73. The molecule has 8 aliphatic heterocycles. The van der Waals surface area contributed by atoms with Crippen molar-refractivity contribution in [1.29, 1.82) is 0 Å². The molecule has 0 amide bonds. The Morgan fingerprint density at radius 1 is 0.231 bits per heavy atom. The number of hydrogen-bond donors (Lipinski definition) is 26. The largest absolute Gasteiger partial charge is 0.479 e. The topological polar surface area (TPSA) is 699 Å². The van der Waals surface area contributed by atoms with E-state index in [4.69, 9.17) is 71.1 Å². The van der Waals surface area contributed by atoms with Gasteiger partial charge < -0.3 is 204 Å². The van der Waals surface area contributed by atoms with E-state index in [1.54, 1.807) is 0 Å². The Hall–Kier alpha value is -2.62. The number of hydrogen-bond acceptors (Lipinski definition) is 41. The third kappa shape index (κ3) is 15.1. The quantitative estimate of drug-likeness (QED) is 0.0479. The fourth-order valence-corrected chi connectivity index (χ4v) is 11.4. The second-order valence-electron chi connectivity index (χ2n) is 22.4. The van der Waals surface area contributed by atoms with Crippen molar-refractivity contribution in [3.8, 4) is 0 Å². The molecule has 8 heterocycles. The Morgan fingerprint density at radius 2 is 0.484 bits per heavy atom. The van der Waals surface area contributed by atoms with Crippen LogP contribution in [0, 0.1) is 0 Å². The van der Waals surface area contributed by atoms with Gasteiger partial charge in [0.15, 0.2) is 62.5 Å². The number of aliphatic carboxylic acids is 2. The van der Waals surface area contributed by atoms with E-state index in [0.717, 1.165) is 0 Å². The highest BCUT2D eigenvalue weighted by atomic mass is 16.8. The summed E-state index contributed by atoms with van der Waals surface area (Å²) in [7, 11) is 0. The van der Waals surface area contributed by atoms with Crippen LogP contribution in [0.15, 0.2) is 0 Å². The minimum Gasteiger partial charge on any atom is -0.479 e. The van der Waals surface area contributed by atoms with Crippen molar-refractivity contribution in [2.45, 2.75) is 246 Å². The predicted octanol–water partition coefficient (Wildman–Crippen LogP) is -18.3. The van der Waals surface area contributed by atoms with Gasteiger partial charge in [-0.05, 0) is 0 Å². The van der Waals surface area contributed by atoms with Gasteiger partial charge >= 0.3 is 11.9 Å². The monoisotopic (exact) mass is 1340 g/mol. The average Bonchev–Trinajstić information content (AvgIpc) is 0.802. The summed E-state index contributed by atoms with van der Waals surface area (Å²) in [6.07, 6.45) is -90.1. The molecular weight excluding hydrogens is 1260 g/mol. The van der Waals surface area contributed by atoms with Gasteiger partial charge in [-0.15, -0.1) is 0 Å². The maximum absolute atomic E-state index is 12.2. The maximum atomic E-state index is 12.2. The Morgan fingerprint density at radius 3 is 0.835 bits per heavy atom. The van der Waals surface area contributed by atoms with Gasteiger partial charge in [-0.1, -0.05) is 0 Å². The molecule has 0 aliphatic carbocycles. The molecule has 43 heteroatoms. The number of rotatable bonds is 22. The van der Waals surface area contributed by atoms with E-state index in [0.29, 0.717) is 0 Å². The van der Waals surface area contributed by atoms with Gasteiger partial charge in [0.1, 0.15) is 183 Å². The molecule has 91 heavy (non-hydrogen) atoms. The molecule has 0 aromatic rings. The molecule has 43 nitrogen and oxygen atoms in total. The summed E-state index contributed by atoms with van der Waals surface area (Å²) < 4.78 is 84.2. The number of ether oxygens (including phenoxy) is 15. The van der Waals surface area contributed by atoms with Crippen LogP contribution in [-0.2, 0) is 80.6 Å². The van der Waals surface area contributed by atoms with Gasteiger partial charge in [0, 0.05) is 0 Å². The number of carbonyl (C=O) groups is 2. The van der Waals surface area contributed by atoms with Crippen molar-refractivity contribution in [3.63, 3.8) is 0 Å². The van der Waals surface area contributed by atoms with Crippen LogP contribution in [0.2, 0.25) is 0 Å². The van der Waals surface area contributed by atoms with Crippen LogP contribution >= 0.6 is 0 Å². The van der Waals surface area contributed by atoms with E-state index in [1.807, 2.05) is 0 Å². The van der Waals surface area contributed by atoms with Gasteiger partial charge in [0.25, 0.3) is 0 Å². The van der Waals surface area contributed by atoms with E-state index in [1.165, 1.54) is 0 Å². The summed E-state index contributed by atoms with van der Waals surface area (Å²) in [4.78, 5) is 24.1. The van der Waals surface area contributed by atoms with Crippen molar-refractivity contribution in [1.82, 2.24) is 0 Å². The highest BCUT2D eigenvalue weighted by Crippen LogP contribution is 2.40. The summed E-state index contributed by atoms with van der Waals surface area (Å²) >= 11 is 0. The van der Waals surface area contributed by atoms with Crippen LogP contribution < -0.4 is 0 Å². The number of aliphatic hydroxyl groups excluding tert-OH is 24. The molecule has 0 aromatic carbocycles. The first-order valence-corrected chi connectivity index (χ1v) is 28.2. The molecule has 0 bridgehead atoms. The molecule has 0 spiro atoms. The standard InChI is InChI=1S/C48H78O43/c49-1-7-13(55)21(63)37(90-42-24(66)19(61)22(64)35(88-42)39(72)73)47(81-7)85-32-16(58)10(4-52)79-45(28(32)70)84-31-15(57)9(3-51)80-46(27(31)69)87-34-18(60)12(6-54)82-48(38(34)91-43-25(67)20(62)23(65)36(89-43)40(74)75)86-33-17(59)11(5-53)78-44(29(33)71)83-30-14(56)8(2-50)77-41(76)26(30)68/h7-38,41-71,76H,1-6H2,(H,72,73)(H,74,75)/t7-,8-,9-,10-,11-,12-,13-,14-,15-,16-,17-,18-,19+,20+,21+,22+,23+,24-,25-,26+,27+,28+,29+,30+,31+,32+,33+,34+,35+,36+,37+,38+,41?,42+,43+,44-,45-,46-,47-,48-/m1/s1. The van der Waals surface area contributed by atoms with E-state index in [9.17, 15) is 142 Å². The molecular formula is C48H78O43. The first-order valence-electron chi connectivity index (χ1n) is 28.2. The highest BCUT2D eigenvalue weighted by Gasteiger charge is 2.61. The van der Waals surface area contributed by atoms with Gasteiger partial charge in [-0.2, -0.15) is 0 Å². The van der Waals surface area contributed by atoms with Crippen LogP contribution in [0.25, 0.3) is 0 Å². The van der Waals surface area contributed by atoms with E-state index < -0.39 is 297 Å². The van der Waals surface area contributed by atoms with Gasteiger partial charge in [-0.3, -0.25) is 0 Å². The van der Waals surface area contributed by atoms with Gasteiger partial charge in [-0.25, -0.2) is 9.59 Å².